The summed E-state index contributed by atoms with van der Waals surface area (Å²) >= 11 is 0. The van der Waals surface area contributed by atoms with Gasteiger partial charge in [0.1, 0.15) is 5.82 Å². The van der Waals surface area contributed by atoms with Gasteiger partial charge in [0, 0.05) is 24.8 Å². The summed E-state index contributed by atoms with van der Waals surface area (Å²) in [5.74, 6) is -0.260. The van der Waals surface area contributed by atoms with Gasteiger partial charge in [0.2, 0.25) is 0 Å². The van der Waals surface area contributed by atoms with Crippen molar-refractivity contribution >= 4 is 5.84 Å². The summed E-state index contributed by atoms with van der Waals surface area (Å²) in [4.78, 5) is 5.86. The van der Waals surface area contributed by atoms with Crippen molar-refractivity contribution in [3.05, 3.63) is 65.2 Å². The third-order valence-electron chi connectivity index (χ3n) is 3.00. The minimum atomic E-state index is -0.338. The third-order valence-corrected chi connectivity index (χ3v) is 3.00. The maximum absolute atomic E-state index is 13.1. The van der Waals surface area contributed by atoms with Crippen molar-refractivity contribution in [3.8, 4) is 0 Å². The molecule has 3 N–H and O–H groups in total. The van der Waals surface area contributed by atoms with Crippen molar-refractivity contribution in [2.24, 2.45) is 10.9 Å². The maximum atomic E-state index is 13.1. The largest absolute Gasteiger partial charge is 0.409 e. The molecule has 0 amide bonds. The normalized spacial score (nSPS) is 11.9. The monoisotopic (exact) mass is 288 g/mol. The standard InChI is InChI=1S/C15H17FN4O/c1-20(10-12-6-14(16)8-18-7-12)9-11-3-2-4-13(5-11)15(17)19-21/h2-8,21H,9-10H2,1H3,(H2,17,19). The molecule has 110 valence electrons. The van der Waals surface area contributed by atoms with Gasteiger partial charge < -0.3 is 10.9 Å². The zero-order valence-corrected chi connectivity index (χ0v) is 11.7. The number of pyridine rings is 1. The van der Waals surface area contributed by atoms with Crippen LogP contribution in [-0.4, -0.2) is 28.0 Å². The second-order valence-corrected chi connectivity index (χ2v) is 4.87. The first-order valence-corrected chi connectivity index (χ1v) is 6.43. The molecule has 0 atom stereocenters. The van der Waals surface area contributed by atoms with Crippen molar-refractivity contribution in [1.82, 2.24) is 9.88 Å². The van der Waals surface area contributed by atoms with Gasteiger partial charge in [0.05, 0.1) is 6.20 Å². The molecule has 0 aliphatic rings. The van der Waals surface area contributed by atoms with Gasteiger partial charge in [0.25, 0.3) is 0 Å². The van der Waals surface area contributed by atoms with E-state index in [2.05, 4.69) is 10.1 Å². The van der Waals surface area contributed by atoms with Gasteiger partial charge in [-0.25, -0.2) is 4.39 Å². The second-order valence-electron chi connectivity index (χ2n) is 4.87. The molecule has 0 saturated carbocycles. The van der Waals surface area contributed by atoms with E-state index in [1.807, 2.05) is 30.1 Å². The van der Waals surface area contributed by atoms with Crippen LogP contribution >= 0.6 is 0 Å². The van der Waals surface area contributed by atoms with E-state index < -0.39 is 0 Å². The van der Waals surface area contributed by atoms with Crippen LogP contribution in [0.25, 0.3) is 0 Å². The maximum Gasteiger partial charge on any atom is 0.170 e. The Labute approximate surface area is 122 Å². The van der Waals surface area contributed by atoms with Gasteiger partial charge in [-0.2, -0.15) is 0 Å². The van der Waals surface area contributed by atoms with Gasteiger partial charge in [-0.05, 0) is 30.3 Å². The highest BCUT2D eigenvalue weighted by Gasteiger charge is 2.05. The summed E-state index contributed by atoms with van der Waals surface area (Å²) in [6.45, 7) is 1.24. The minimum Gasteiger partial charge on any atom is -0.409 e. The number of hydrogen-bond donors (Lipinski definition) is 2. The lowest BCUT2D eigenvalue weighted by molar-refractivity contribution is 0.317. The number of oxime groups is 1. The number of nitrogens with two attached hydrogens (primary N) is 1. The molecule has 1 heterocycles. The lowest BCUT2D eigenvalue weighted by Gasteiger charge is -2.17. The van der Waals surface area contributed by atoms with Crippen LogP contribution in [0, 0.1) is 5.82 Å². The van der Waals surface area contributed by atoms with Crippen LogP contribution in [-0.2, 0) is 13.1 Å². The Morgan fingerprint density at radius 1 is 1.29 bits per heavy atom. The molecule has 2 aromatic rings. The summed E-state index contributed by atoms with van der Waals surface area (Å²) in [6, 6.07) is 8.90. The van der Waals surface area contributed by atoms with Crippen molar-refractivity contribution in [3.63, 3.8) is 0 Å². The van der Waals surface area contributed by atoms with E-state index in [4.69, 9.17) is 10.9 Å². The van der Waals surface area contributed by atoms with Crippen LogP contribution in [0.15, 0.2) is 47.9 Å². The summed E-state index contributed by atoms with van der Waals surface area (Å²) in [5.41, 5.74) is 8.06. The molecule has 0 fully saturated rings. The lowest BCUT2D eigenvalue weighted by Crippen LogP contribution is -2.18. The molecule has 2 rings (SSSR count). The first kappa shape index (κ1) is 14.9. The third kappa shape index (κ3) is 4.25. The quantitative estimate of drug-likeness (QED) is 0.382. The molecule has 21 heavy (non-hydrogen) atoms. The number of hydrogen-bond acceptors (Lipinski definition) is 4. The summed E-state index contributed by atoms with van der Waals surface area (Å²) in [7, 11) is 1.93. The first-order valence-electron chi connectivity index (χ1n) is 6.43. The van der Waals surface area contributed by atoms with E-state index in [9.17, 15) is 4.39 Å². The molecule has 0 radical (unpaired) electrons. The van der Waals surface area contributed by atoms with E-state index in [1.165, 1.54) is 12.3 Å². The molecular formula is C15H17FN4O. The van der Waals surface area contributed by atoms with Crippen LogP contribution in [0.3, 0.4) is 0 Å². The second kappa shape index (κ2) is 6.81. The molecular weight excluding hydrogens is 271 g/mol. The Morgan fingerprint density at radius 3 is 2.76 bits per heavy atom. The molecule has 0 spiro atoms. The summed E-state index contributed by atoms with van der Waals surface area (Å²) in [5, 5.41) is 11.7. The molecule has 1 aromatic heterocycles. The zero-order chi connectivity index (χ0) is 15.2. The molecule has 0 saturated heterocycles. The first-order chi connectivity index (χ1) is 10.1. The van der Waals surface area contributed by atoms with Gasteiger partial charge in [-0.3, -0.25) is 9.88 Å². The van der Waals surface area contributed by atoms with Gasteiger partial charge in [-0.1, -0.05) is 23.4 Å². The highest BCUT2D eigenvalue weighted by atomic mass is 19.1. The molecule has 0 aliphatic carbocycles. The Morgan fingerprint density at radius 2 is 2.05 bits per heavy atom. The average molecular weight is 288 g/mol. The number of rotatable bonds is 5. The van der Waals surface area contributed by atoms with Crippen LogP contribution in [0.1, 0.15) is 16.7 Å². The van der Waals surface area contributed by atoms with E-state index in [-0.39, 0.29) is 11.7 Å². The number of halogens is 1. The van der Waals surface area contributed by atoms with Crippen molar-refractivity contribution in [1.29, 1.82) is 0 Å². The molecule has 0 bridgehead atoms. The van der Waals surface area contributed by atoms with E-state index in [1.54, 1.807) is 12.3 Å². The summed E-state index contributed by atoms with van der Waals surface area (Å²) < 4.78 is 13.1. The van der Waals surface area contributed by atoms with Gasteiger partial charge >= 0.3 is 0 Å². The van der Waals surface area contributed by atoms with Crippen LogP contribution in [0.2, 0.25) is 0 Å². The van der Waals surface area contributed by atoms with Gasteiger partial charge in [-0.15, -0.1) is 0 Å². The predicted molar refractivity (Wildman–Crippen MR) is 78.3 cm³/mol. The number of amidine groups is 1. The predicted octanol–water partition coefficient (Wildman–Crippen LogP) is 1.95. The highest BCUT2D eigenvalue weighted by Crippen LogP contribution is 2.10. The van der Waals surface area contributed by atoms with Crippen molar-refractivity contribution < 1.29 is 9.60 Å². The molecule has 0 unspecified atom stereocenters. The zero-order valence-electron chi connectivity index (χ0n) is 11.7. The van der Waals surface area contributed by atoms with E-state index in [0.717, 1.165) is 11.1 Å². The van der Waals surface area contributed by atoms with E-state index >= 15 is 0 Å². The van der Waals surface area contributed by atoms with Crippen molar-refractivity contribution in [2.75, 3.05) is 7.05 Å². The highest BCUT2D eigenvalue weighted by molar-refractivity contribution is 5.97. The number of benzene rings is 1. The Balaban J connectivity index is 2.04. The van der Waals surface area contributed by atoms with Crippen LogP contribution < -0.4 is 5.73 Å². The average Bonchev–Trinajstić information content (AvgIpc) is 2.46. The van der Waals surface area contributed by atoms with Crippen molar-refractivity contribution in [2.45, 2.75) is 13.1 Å². The van der Waals surface area contributed by atoms with Gasteiger partial charge in [0.15, 0.2) is 5.84 Å². The SMILES string of the molecule is CN(Cc1cncc(F)c1)Cc1cccc(/C(N)=N/O)c1. The summed E-state index contributed by atoms with van der Waals surface area (Å²) in [6.07, 6.45) is 2.83. The van der Waals surface area contributed by atoms with Crippen LogP contribution in [0.5, 0.6) is 0 Å². The Bertz CT molecular complexity index is 645. The Kier molecular flexibility index (Phi) is 4.84. The van der Waals surface area contributed by atoms with Crippen LogP contribution in [0.4, 0.5) is 4.39 Å². The lowest BCUT2D eigenvalue weighted by atomic mass is 10.1. The molecule has 5 nitrogen and oxygen atoms in total. The molecule has 6 heteroatoms. The topological polar surface area (TPSA) is 74.7 Å². The number of nitrogens with zero attached hydrogens (tertiary/aromatic N) is 3. The number of aromatic nitrogens is 1. The molecule has 0 aliphatic heterocycles. The molecule has 1 aromatic carbocycles. The Hall–Kier alpha value is -2.47. The fraction of sp³-hybridized carbons (Fsp3) is 0.200. The fourth-order valence-electron chi connectivity index (χ4n) is 2.11. The minimum absolute atomic E-state index is 0.0776. The van der Waals surface area contributed by atoms with E-state index in [0.29, 0.717) is 18.7 Å². The smallest absolute Gasteiger partial charge is 0.170 e. The fourth-order valence-corrected chi connectivity index (χ4v) is 2.11.